The first-order chi connectivity index (χ1) is 7.90. The predicted molar refractivity (Wildman–Crippen MR) is 68.9 cm³/mol. The largest absolute Gasteiger partial charge is 0.371 e. The van der Waals surface area contributed by atoms with E-state index in [4.69, 9.17) is 0 Å². The summed E-state index contributed by atoms with van der Waals surface area (Å²) in [5.41, 5.74) is 5.69. The Kier molecular flexibility index (Phi) is 2.32. The van der Waals surface area contributed by atoms with Gasteiger partial charge in [-0.3, -0.25) is 0 Å². The average molecular weight is 211 g/mol. The molecule has 0 saturated heterocycles. The summed E-state index contributed by atoms with van der Waals surface area (Å²) in [5.74, 6) is 0. The summed E-state index contributed by atoms with van der Waals surface area (Å²) >= 11 is 0. The highest BCUT2D eigenvalue weighted by atomic mass is 15.1. The van der Waals surface area contributed by atoms with Gasteiger partial charge in [-0.1, -0.05) is 37.3 Å². The lowest BCUT2D eigenvalue weighted by Gasteiger charge is -2.29. The van der Waals surface area contributed by atoms with Crippen molar-refractivity contribution in [3.8, 4) is 0 Å². The molecule has 1 heterocycles. The Bertz CT molecular complexity index is 468. The molecule has 1 heteroatoms. The van der Waals surface area contributed by atoms with Crippen LogP contribution in [-0.2, 0) is 0 Å². The van der Waals surface area contributed by atoms with Gasteiger partial charge in [0.05, 0.1) is 0 Å². The highest BCUT2D eigenvalue weighted by Gasteiger charge is 2.24. The summed E-state index contributed by atoms with van der Waals surface area (Å²) in [5, 5.41) is 0. The highest BCUT2D eigenvalue weighted by molar-refractivity contribution is 5.94. The summed E-state index contributed by atoms with van der Waals surface area (Å²) in [4.78, 5) is 2.52. The number of allylic oxidation sites excluding steroid dienone is 1. The van der Waals surface area contributed by atoms with Crippen LogP contribution in [0.2, 0.25) is 0 Å². The standard InChI is InChI=1S/C15H17N/c1-2-9-16-10-5-8-14-13-7-4-3-6-12(13)11-15(14)16/h3-4,6-8,11H,2,5,9-10H2,1H3. The Hall–Kier alpha value is -1.50. The molecular weight excluding hydrogens is 194 g/mol. The minimum Gasteiger partial charge on any atom is -0.371 e. The fraction of sp³-hybridized carbons (Fsp3) is 0.333. The molecule has 0 radical (unpaired) electrons. The Balaban J connectivity index is 2.03. The quantitative estimate of drug-likeness (QED) is 0.723. The first kappa shape index (κ1) is 9.71. The summed E-state index contributed by atoms with van der Waals surface area (Å²) < 4.78 is 0. The normalized spacial score (nSPS) is 17.7. The van der Waals surface area contributed by atoms with Crippen molar-refractivity contribution in [1.29, 1.82) is 0 Å². The van der Waals surface area contributed by atoms with Crippen molar-refractivity contribution in [2.24, 2.45) is 0 Å². The van der Waals surface area contributed by atoms with E-state index in [2.05, 4.69) is 48.2 Å². The highest BCUT2D eigenvalue weighted by Crippen LogP contribution is 2.39. The van der Waals surface area contributed by atoms with Crippen LogP contribution < -0.4 is 0 Å². The SMILES string of the molecule is CCCN1CCC=C2C1=Cc1ccccc12. The van der Waals surface area contributed by atoms with Crippen molar-refractivity contribution in [1.82, 2.24) is 4.90 Å². The number of rotatable bonds is 2. The predicted octanol–water partition coefficient (Wildman–Crippen LogP) is 3.54. The number of hydrogen-bond donors (Lipinski definition) is 0. The van der Waals surface area contributed by atoms with Gasteiger partial charge in [0, 0.05) is 24.4 Å². The van der Waals surface area contributed by atoms with E-state index in [1.54, 1.807) is 0 Å². The van der Waals surface area contributed by atoms with Crippen LogP contribution in [0.4, 0.5) is 0 Å². The van der Waals surface area contributed by atoms with E-state index in [1.807, 2.05) is 0 Å². The molecule has 0 aromatic heterocycles. The van der Waals surface area contributed by atoms with Crippen molar-refractivity contribution < 1.29 is 0 Å². The number of benzene rings is 1. The van der Waals surface area contributed by atoms with Crippen LogP contribution in [0.3, 0.4) is 0 Å². The monoisotopic (exact) mass is 211 g/mol. The molecule has 0 amide bonds. The van der Waals surface area contributed by atoms with Gasteiger partial charge in [0.2, 0.25) is 0 Å². The molecule has 3 rings (SSSR count). The first-order valence-corrected chi connectivity index (χ1v) is 6.16. The molecule has 1 aliphatic heterocycles. The molecule has 1 aromatic carbocycles. The van der Waals surface area contributed by atoms with E-state index in [-0.39, 0.29) is 0 Å². The molecule has 82 valence electrons. The van der Waals surface area contributed by atoms with Crippen molar-refractivity contribution in [3.05, 3.63) is 47.2 Å². The van der Waals surface area contributed by atoms with Crippen molar-refractivity contribution >= 4 is 11.6 Å². The van der Waals surface area contributed by atoms with Gasteiger partial charge in [0.15, 0.2) is 0 Å². The summed E-state index contributed by atoms with van der Waals surface area (Å²) in [6.45, 7) is 4.61. The Morgan fingerprint density at radius 2 is 2.12 bits per heavy atom. The molecule has 0 bridgehead atoms. The zero-order valence-electron chi connectivity index (χ0n) is 9.74. The molecule has 2 aliphatic rings. The fourth-order valence-electron chi connectivity index (χ4n) is 2.69. The summed E-state index contributed by atoms with van der Waals surface area (Å²) in [6, 6.07) is 8.71. The van der Waals surface area contributed by atoms with E-state index >= 15 is 0 Å². The van der Waals surface area contributed by atoms with E-state index in [9.17, 15) is 0 Å². The zero-order chi connectivity index (χ0) is 11.0. The second-order valence-electron chi connectivity index (χ2n) is 4.51. The molecule has 0 N–H and O–H groups in total. The zero-order valence-corrected chi connectivity index (χ0v) is 9.74. The number of nitrogens with zero attached hydrogens (tertiary/aromatic N) is 1. The first-order valence-electron chi connectivity index (χ1n) is 6.16. The van der Waals surface area contributed by atoms with Crippen LogP contribution in [0.5, 0.6) is 0 Å². The van der Waals surface area contributed by atoms with Crippen LogP contribution in [0, 0.1) is 0 Å². The third-order valence-corrected chi connectivity index (χ3v) is 3.40. The van der Waals surface area contributed by atoms with Crippen LogP contribution >= 0.6 is 0 Å². The molecule has 1 aromatic rings. The van der Waals surface area contributed by atoms with E-state index in [0.29, 0.717) is 0 Å². The van der Waals surface area contributed by atoms with Gasteiger partial charge in [0.1, 0.15) is 0 Å². The fourth-order valence-corrected chi connectivity index (χ4v) is 2.69. The van der Waals surface area contributed by atoms with Crippen molar-refractivity contribution in [3.63, 3.8) is 0 Å². The minimum atomic E-state index is 1.18. The van der Waals surface area contributed by atoms with Crippen LogP contribution in [0.15, 0.2) is 36.0 Å². The third-order valence-electron chi connectivity index (χ3n) is 3.40. The lowest BCUT2D eigenvalue weighted by Crippen LogP contribution is -2.27. The van der Waals surface area contributed by atoms with Gasteiger partial charge in [-0.25, -0.2) is 0 Å². The smallest absolute Gasteiger partial charge is 0.0449 e. The maximum Gasteiger partial charge on any atom is 0.0449 e. The van der Waals surface area contributed by atoms with Crippen molar-refractivity contribution in [2.75, 3.05) is 13.1 Å². The lowest BCUT2D eigenvalue weighted by atomic mass is 10.0. The van der Waals surface area contributed by atoms with E-state index in [1.165, 1.54) is 48.3 Å². The topological polar surface area (TPSA) is 3.24 Å². The van der Waals surface area contributed by atoms with Gasteiger partial charge in [-0.05, 0) is 30.0 Å². The Morgan fingerprint density at radius 1 is 1.25 bits per heavy atom. The molecule has 0 spiro atoms. The van der Waals surface area contributed by atoms with E-state index < -0.39 is 0 Å². The van der Waals surface area contributed by atoms with Crippen LogP contribution in [0.1, 0.15) is 30.9 Å². The van der Waals surface area contributed by atoms with Gasteiger partial charge in [0.25, 0.3) is 0 Å². The average Bonchev–Trinajstić information content (AvgIpc) is 2.69. The van der Waals surface area contributed by atoms with Crippen LogP contribution in [0.25, 0.3) is 11.6 Å². The van der Waals surface area contributed by atoms with Gasteiger partial charge >= 0.3 is 0 Å². The second-order valence-corrected chi connectivity index (χ2v) is 4.51. The molecule has 0 atom stereocenters. The number of hydrogen-bond acceptors (Lipinski definition) is 1. The van der Waals surface area contributed by atoms with E-state index in [0.717, 1.165) is 0 Å². The van der Waals surface area contributed by atoms with Gasteiger partial charge < -0.3 is 4.90 Å². The Morgan fingerprint density at radius 3 is 3.00 bits per heavy atom. The van der Waals surface area contributed by atoms with Crippen molar-refractivity contribution in [2.45, 2.75) is 19.8 Å². The third kappa shape index (κ3) is 1.39. The maximum absolute atomic E-state index is 2.52. The Labute approximate surface area is 97.1 Å². The van der Waals surface area contributed by atoms with Gasteiger partial charge in [-0.2, -0.15) is 0 Å². The molecular formula is C15H17N. The summed E-state index contributed by atoms with van der Waals surface area (Å²) in [6.07, 6.45) is 7.14. The maximum atomic E-state index is 2.52. The molecule has 16 heavy (non-hydrogen) atoms. The minimum absolute atomic E-state index is 1.18. The molecule has 1 nitrogen and oxygen atoms in total. The van der Waals surface area contributed by atoms with Crippen LogP contribution in [-0.4, -0.2) is 18.0 Å². The second kappa shape index (κ2) is 3.82. The molecule has 0 saturated carbocycles. The lowest BCUT2D eigenvalue weighted by molar-refractivity contribution is 0.360. The molecule has 0 unspecified atom stereocenters. The molecule has 1 aliphatic carbocycles. The number of fused-ring (bicyclic) bond motifs is 3. The summed E-state index contributed by atoms with van der Waals surface area (Å²) in [7, 11) is 0. The van der Waals surface area contributed by atoms with Gasteiger partial charge in [-0.15, -0.1) is 0 Å². The molecule has 0 fully saturated rings.